The molecule has 0 bridgehead atoms. The molecule has 2 heterocycles. The van der Waals surface area contributed by atoms with Gasteiger partial charge in [-0.15, -0.1) is 10.2 Å². The zero-order valence-corrected chi connectivity index (χ0v) is 8.28. The number of benzene rings is 1. The zero-order valence-electron chi connectivity index (χ0n) is 8.28. The molecule has 1 N–H and O–H groups in total. The molecule has 16 heavy (non-hydrogen) atoms. The molecule has 0 spiro atoms. The zero-order chi connectivity index (χ0) is 10.8. The van der Waals surface area contributed by atoms with Gasteiger partial charge >= 0.3 is 0 Å². The number of rotatable bonds is 2. The maximum absolute atomic E-state index is 4.21. The summed E-state index contributed by atoms with van der Waals surface area (Å²) < 4.78 is 1.91. The fourth-order valence-electron chi connectivity index (χ4n) is 1.52. The second-order valence-corrected chi connectivity index (χ2v) is 3.19. The van der Waals surface area contributed by atoms with E-state index in [0.717, 1.165) is 5.69 Å². The summed E-state index contributed by atoms with van der Waals surface area (Å²) >= 11 is 0. The summed E-state index contributed by atoms with van der Waals surface area (Å²) in [6, 6.07) is 9.88. The van der Waals surface area contributed by atoms with Crippen LogP contribution in [0.25, 0.3) is 17.3 Å². The van der Waals surface area contributed by atoms with Gasteiger partial charge in [0, 0.05) is 18.1 Å². The van der Waals surface area contributed by atoms with E-state index in [2.05, 4.69) is 25.6 Å². The van der Waals surface area contributed by atoms with Crippen LogP contribution in [-0.2, 0) is 0 Å². The average Bonchev–Trinajstić information content (AvgIpc) is 3.01. The van der Waals surface area contributed by atoms with E-state index in [-0.39, 0.29) is 0 Å². The van der Waals surface area contributed by atoms with Gasteiger partial charge in [-0.3, -0.25) is 4.57 Å². The molecule has 78 valence electrons. The lowest BCUT2D eigenvalue weighted by Gasteiger charge is -2.03. The van der Waals surface area contributed by atoms with Crippen LogP contribution < -0.4 is 0 Å². The fraction of sp³-hybridized carbons (Fsp3) is 0. The number of imidazole rings is 1. The van der Waals surface area contributed by atoms with E-state index < -0.39 is 0 Å². The maximum Gasteiger partial charge on any atom is 0.240 e. The monoisotopic (exact) mass is 212 g/mol. The number of hydrogen-bond donors (Lipinski definition) is 1. The predicted octanol–water partition coefficient (Wildman–Crippen LogP) is 1.05. The number of aromatic amines is 1. The second-order valence-electron chi connectivity index (χ2n) is 3.19. The molecule has 0 unspecified atom stereocenters. The van der Waals surface area contributed by atoms with Gasteiger partial charge in [-0.2, -0.15) is 5.21 Å². The molecular formula is C10H8N6. The third-order valence-corrected chi connectivity index (χ3v) is 2.22. The molecule has 3 rings (SSSR count). The standard InChI is InChI=1S/C10H8N6/c1-2-4-8(5-3-1)16-7-6-11-10(16)9-12-14-15-13-9/h1-7H,(H,12,13,14,15). The van der Waals surface area contributed by atoms with Crippen LogP contribution in [0.1, 0.15) is 0 Å². The van der Waals surface area contributed by atoms with Crippen molar-refractivity contribution in [2.24, 2.45) is 0 Å². The van der Waals surface area contributed by atoms with Gasteiger partial charge in [0.05, 0.1) is 0 Å². The Bertz CT molecular complexity index is 568. The smallest absolute Gasteiger partial charge is 0.240 e. The van der Waals surface area contributed by atoms with Crippen LogP contribution in [0.2, 0.25) is 0 Å². The molecule has 0 aliphatic rings. The minimum atomic E-state index is 0.480. The highest BCUT2D eigenvalue weighted by molar-refractivity contribution is 5.48. The largest absolute Gasteiger partial charge is 0.297 e. The molecule has 0 radical (unpaired) electrons. The number of H-pyrrole nitrogens is 1. The molecule has 2 aromatic heterocycles. The molecule has 0 aliphatic carbocycles. The van der Waals surface area contributed by atoms with Crippen LogP contribution in [0.3, 0.4) is 0 Å². The first-order chi connectivity index (χ1) is 7.95. The van der Waals surface area contributed by atoms with Crippen molar-refractivity contribution < 1.29 is 0 Å². The van der Waals surface area contributed by atoms with Gasteiger partial charge in [-0.1, -0.05) is 18.2 Å². The van der Waals surface area contributed by atoms with E-state index in [1.54, 1.807) is 6.20 Å². The van der Waals surface area contributed by atoms with Gasteiger partial charge in [0.1, 0.15) is 0 Å². The molecule has 3 aromatic rings. The molecule has 0 saturated heterocycles. The van der Waals surface area contributed by atoms with Crippen molar-refractivity contribution in [3.05, 3.63) is 42.7 Å². The summed E-state index contributed by atoms with van der Waals surface area (Å²) in [7, 11) is 0. The van der Waals surface area contributed by atoms with Crippen molar-refractivity contribution in [1.82, 2.24) is 30.2 Å². The summed E-state index contributed by atoms with van der Waals surface area (Å²) in [6.07, 6.45) is 3.57. The molecule has 0 aliphatic heterocycles. The Labute approximate surface area is 91.0 Å². The molecule has 0 fully saturated rings. The highest BCUT2D eigenvalue weighted by atomic mass is 15.5. The number of tetrazole rings is 1. The molecule has 6 heteroatoms. The second kappa shape index (κ2) is 3.58. The first-order valence-corrected chi connectivity index (χ1v) is 4.78. The van der Waals surface area contributed by atoms with E-state index in [1.807, 2.05) is 41.1 Å². The third-order valence-electron chi connectivity index (χ3n) is 2.22. The third kappa shape index (κ3) is 1.36. The number of aromatic nitrogens is 6. The molecule has 1 aromatic carbocycles. The fourth-order valence-corrected chi connectivity index (χ4v) is 1.52. The van der Waals surface area contributed by atoms with Gasteiger partial charge in [-0.05, 0) is 17.3 Å². The molecule has 0 saturated carbocycles. The van der Waals surface area contributed by atoms with E-state index in [9.17, 15) is 0 Å². The van der Waals surface area contributed by atoms with E-state index in [4.69, 9.17) is 0 Å². The first-order valence-electron chi connectivity index (χ1n) is 4.78. The van der Waals surface area contributed by atoms with Crippen molar-refractivity contribution >= 4 is 0 Å². The van der Waals surface area contributed by atoms with Crippen molar-refractivity contribution in [2.45, 2.75) is 0 Å². The minimum Gasteiger partial charge on any atom is -0.297 e. The predicted molar refractivity (Wildman–Crippen MR) is 56.7 cm³/mol. The lowest BCUT2D eigenvalue weighted by atomic mass is 10.3. The van der Waals surface area contributed by atoms with E-state index in [0.29, 0.717) is 11.6 Å². The Morgan fingerprint density at radius 3 is 2.75 bits per heavy atom. The Hall–Kier alpha value is -2.50. The summed E-state index contributed by atoms with van der Waals surface area (Å²) in [5, 5.41) is 13.8. The topological polar surface area (TPSA) is 72.3 Å². The number of hydrogen-bond acceptors (Lipinski definition) is 4. The highest BCUT2D eigenvalue weighted by Crippen LogP contribution is 2.16. The van der Waals surface area contributed by atoms with Crippen LogP contribution in [0.15, 0.2) is 42.7 Å². The summed E-state index contributed by atoms with van der Waals surface area (Å²) in [6.45, 7) is 0. The van der Waals surface area contributed by atoms with Gasteiger partial charge in [-0.25, -0.2) is 4.98 Å². The van der Waals surface area contributed by atoms with Gasteiger partial charge in [0.25, 0.3) is 0 Å². The average molecular weight is 212 g/mol. The van der Waals surface area contributed by atoms with Crippen molar-refractivity contribution in [2.75, 3.05) is 0 Å². The van der Waals surface area contributed by atoms with Gasteiger partial charge in [0.15, 0.2) is 5.82 Å². The lowest BCUT2D eigenvalue weighted by molar-refractivity contribution is 0.881. The van der Waals surface area contributed by atoms with Crippen molar-refractivity contribution in [3.63, 3.8) is 0 Å². The Balaban J connectivity index is 2.14. The van der Waals surface area contributed by atoms with Crippen LogP contribution >= 0.6 is 0 Å². The molecule has 0 amide bonds. The summed E-state index contributed by atoms with van der Waals surface area (Å²) in [4.78, 5) is 4.21. The van der Waals surface area contributed by atoms with E-state index >= 15 is 0 Å². The highest BCUT2D eigenvalue weighted by Gasteiger charge is 2.10. The van der Waals surface area contributed by atoms with Crippen molar-refractivity contribution in [1.29, 1.82) is 0 Å². The van der Waals surface area contributed by atoms with Crippen LogP contribution in [0.4, 0.5) is 0 Å². The SMILES string of the molecule is c1ccc(-n2ccnc2-c2nn[nH]n2)cc1. The quantitative estimate of drug-likeness (QED) is 0.689. The number of para-hydroxylation sites is 1. The minimum absolute atomic E-state index is 0.480. The normalized spacial score (nSPS) is 10.5. The van der Waals surface area contributed by atoms with E-state index in [1.165, 1.54) is 0 Å². The van der Waals surface area contributed by atoms with Crippen LogP contribution in [0, 0.1) is 0 Å². The number of nitrogens with one attached hydrogen (secondary N) is 1. The molecule has 0 atom stereocenters. The summed E-state index contributed by atoms with van der Waals surface area (Å²) in [5.74, 6) is 1.15. The molecular weight excluding hydrogens is 204 g/mol. The molecule has 6 nitrogen and oxygen atoms in total. The lowest BCUT2D eigenvalue weighted by Crippen LogP contribution is -1.97. The Morgan fingerprint density at radius 1 is 1.12 bits per heavy atom. The Kier molecular flexibility index (Phi) is 1.96. The van der Waals surface area contributed by atoms with Crippen molar-refractivity contribution in [3.8, 4) is 17.3 Å². The number of nitrogens with zero attached hydrogens (tertiary/aromatic N) is 5. The van der Waals surface area contributed by atoms with Gasteiger partial charge in [0.2, 0.25) is 5.82 Å². The Morgan fingerprint density at radius 2 is 2.00 bits per heavy atom. The van der Waals surface area contributed by atoms with Gasteiger partial charge < -0.3 is 0 Å². The summed E-state index contributed by atoms with van der Waals surface area (Å²) in [5.41, 5.74) is 1.01. The maximum atomic E-state index is 4.21. The van der Waals surface area contributed by atoms with Crippen LogP contribution in [0.5, 0.6) is 0 Å². The van der Waals surface area contributed by atoms with Crippen LogP contribution in [-0.4, -0.2) is 30.2 Å². The first kappa shape index (κ1) is 8.78.